The molecule has 0 unspecified atom stereocenters. The molecule has 0 radical (unpaired) electrons. The van der Waals surface area contributed by atoms with Crippen LogP contribution in [-0.2, 0) is 0 Å². The van der Waals surface area contributed by atoms with E-state index in [1.54, 1.807) is 6.08 Å². The largest absolute Gasteiger partial charge is 0.405 e. The maximum absolute atomic E-state index is 5.22. The molecule has 1 nitrogen and oxygen atoms in total. The van der Waals surface area contributed by atoms with Gasteiger partial charge in [-0.25, -0.2) is 0 Å². The number of hydrogen-bond acceptors (Lipinski definition) is 1. The van der Waals surface area contributed by atoms with Crippen molar-refractivity contribution in [2.75, 3.05) is 0 Å². The predicted octanol–water partition coefficient (Wildman–Crippen LogP) is 6.21. The van der Waals surface area contributed by atoms with E-state index in [1.807, 2.05) is 30.4 Å². The Balaban J connectivity index is 3.36. The standard InChI is InChI=1S/C20H33N/c1-2-3-4-5-6-7-8-9-10-11-12-13-14-15-16-17-18-19-20-21/h11-20H,2-10,21H2,1H3. The Morgan fingerprint density at radius 3 is 1.62 bits per heavy atom. The molecule has 0 atom stereocenters. The van der Waals surface area contributed by atoms with Crippen molar-refractivity contribution in [3.8, 4) is 0 Å². The molecule has 1 heteroatoms. The van der Waals surface area contributed by atoms with Crippen LogP contribution in [0.1, 0.15) is 64.7 Å². The number of unbranched alkanes of at least 4 members (excludes halogenated alkanes) is 8. The Morgan fingerprint density at radius 1 is 0.571 bits per heavy atom. The van der Waals surface area contributed by atoms with Gasteiger partial charge in [0.2, 0.25) is 0 Å². The van der Waals surface area contributed by atoms with Crippen LogP contribution in [0.4, 0.5) is 0 Å². The number of rotatable bonds is 13. The lowest BCUT2D eigenvalue weighted by molar-refractivity contribution is 0.577. The lowest BCUT2D eigenvalue weighted by Crippen LogP contribution is -1.79. The van der Waals surface area contributed by atoms with E-state index >= 15 is 0 Å². The van der Waals surface area contributed by atoms with E-state index in [4.69, 9.17) is 5.73 Å². The quantitative estimate of drug-likeness (QED) is 0.316. The number of hydrogen-bond donors (Lipinski definition) is 1. The van der Waals surface area contributed by atoms with Crippen molar-refractivity contribution in [3.63, 3.8) is 0 Å². The second-order valence-electron chi connectivity index (χ2n) is 5.23. The monoisotopic (exact) mass is 287 g/mol. The second-order valence-corrected chi connectivity index (χ2v) is 5.23. The predicted molar refractivity (Wildman–Crippen MR) is 97.1 cm³/mol. The van der Waals surface area contributed by atoms with Gasteiger partial charge in [-0.05, 0) is 25.1 Å². The minimum absolute atomic E-state index is 1.20. The summed E-state index contributed by atoms with van der Waals surface area (Å²) < 4.78 is 0. The Kier molecular flexibility index (Phi) is 17.2. The van der Waals surface area contributed by atoms with Gasteiger partial charge in [0, 0.05) is 0 Å². The second kappa shape index (κ2) is 18.5. The number of nitrogens with two attached hydrogens (primary N) is 1. The van der Waals surface area contributed by atoms with Crippen molar-refractivity contribution in [1.29, 1.82) is 0 Å². The highest BCUT2D eigenvalue weighted by molar-refractivity contribution is 5.17. The minimum atomic E-state index is 1.20. The average molecular weight is 287 g/mol. The van der Waals surface area contributed by atoms with Crippen LogP contribution in [-0.4, -0.2) is 0 Å². The first kappa shape index (κ1) is 19.5. The molecular weight excluding hydrogens is 254 g/mol. The number of allylic oxidation sites excluding steroid dienone is 9. The Hall–Kier alpha value is -1.50. The van der Waals surface area contributed by atoms with Crippen LogP contribution in [0.3, 0.4) is 0 Å². The smallest absolute Gasteiger partial charge is 0.00624 e. The topological polar surface area (TPSA) is 26.0 Å². The van der Waals surface area contributed by atoms with Gasteiger partial charge < -0.3 is 5.73 Å². The van der Waals surface area contributed by atoms with Gasteiger partial charge in [-0.2, -0.15) is 0 Å². The van der Waals surface area contributed by atoms with Gasteiger partial charge >= 0.3 is 0 Å². The average Bonchev–Trinajstić information content (AvgIpc) is 2.50. The van der Waals surface area contributed by atoms with Crippen LogP contribution >= 0.6 is 0 Å². The van der Waals surface area contributed by atoms with E-state index in [2.05, 4.69) is 25.2 Å². The molecule has 0 fully saturated rings. The maximum Gasteiger partial charge on any atom is -0.00624 e. The molecule has 21 heavy (non-hydrogen) atoms. The third-order valence-electron chi connectivity index (χ3n) is 3.25. The minimum Gasteiger partial charge on any atom is -0.405 e. The fourth-order valence-electron chi connectivity index (χ4n) is 2.02. The zero-order valence-corrected chi connectivity index (χ0v) is 13.7. The molecule has 0 aromatic rings. The molecule has 0 spiro atoms. The molecule has 2 N–H and O–H groups in total. The van der Waals surface area contributed by atoms with Crippen molar-refractivity contribution in [3.05, 3.63) is 60.9 Å². The molecule has 0 aliphatic carbocycles. The molecule has 0 rings (SSSR count). The molecule has 0 aliphatic heterocycles. The highest BCUT2D eigenvalue weighted by atomic mass is 14.5. The molecule has 0 heterocycles. The first-order valence-electron chi connectivity index (χ1n) is 8.45. The van der Waals surface area contributed by atoms with Crippen LogP contribution in [0, 0.1) is 0 Å². The first-order valence-corrected chi connectivity index (χ1v) is 8.45. The Morgan fingerprint density at radius 2 is 1.05 bits per heavy atom. The van der Waals surface area contributed by atoms with Crippen molar-refractivity contribution in [1.82, 2.24) is 0 Å². The van der Waals surface area contributed by atoms with Crippen LogP contribution in [0.5, 0.6) is 0 Å². The molecular formula is C20H33N. The van der Waals surface area contributed by atoms with E-state index in [0.717, 1.165) is 0 Å². The van der Waals surface area contributed by atoms with E-state index in [0.29, 0.717) is 0 Å². The van der Waals surface area contributed by atoms with Gasteiger partial charge in [-0.15, -0.1) is 0 Å². The molecule has 118 valence electrons. The van der Waals surface area contributed by atoms with E-state index in [1.165, 1.54) is 64.0 Å². The van der Waals surface area contributed by atoms with Gasteiger partial charge in [0.1, 0.15) is 0 Å². The molecule has 0 aliphatic rings. The summed E-state index contributed by atoms with van der Waals surface area (Å²) in [6.07, 6.45) is 32.0. The summed E-state index contributed by atoms with van der Waals surface area (Å²) in [7, 11) is 0. The van der Waals surface area contributed by atoms with E-state index in [-0.39, 0.29) is 0 Å². The van der Waals surface area contributed by atoms with Crippen molar-refractivity contribution in [2.24, 2.45) is 5.73 Å². The summed E-state index contributed by atoms with van der Waals surface area (Å²) >= 11 is 0. The van der Waals surface area contributed by atoms with Gasteiger partial charge in [-0.1, -0.05) is 100 Å². The zero-order chi connectivity index (χ0) is 15.4. The maximum atomic E-state index is 5.22. The molecule has 0 aromatic heterocycles. The van der Waals surface area contributed by atoms with Crippen molar-refractivity contribution < 1.29 is 0 Å². The van der Waals surface area contributed by atoms with Gasteiger partial charge in [0.25, 0.3) is 0 Å². The lowest BCUT2D eigenvalue weighted by Gasteiger charge is -1.99. The van der Waals surface area contributed by atoms with Gasteiger partial charge in [-0.3, -0.25) is 0 Å². The summed E-state index contributed by atoms with van der Waals surface area (Å²) in [6, 6.07) is 0. The van der Waals surface area contributed by atoms with Crippen molar-refractivity contribution in [2.45, 2.75) is 64.7 Å². The molecule has 0 amide bonds. The summed E-state index contributed by atoms with van der Waals surface area (Å²) in [5, 5.41) is 0. The summed E-state index contributed by atoms with van der Waals surface area (Å²) in [6.45, 7) is 2.27. The highest BCUT2D eigenvalue weighted by Crippen LogP contribution is 2.09. The van der Waals surface area contributed by atoms with E-state index < -0.39 is 0 Å². The van der Waals surface area contributed by atoms with Gasteiger partial charge in [0.15, 0.2) is 0 Å². The normalized spacial score (nSPS) is 13.0. The fourth-order valence-corrected chi connectivity index (χ4v) is 2.02. The fraction of sp³-hybridized carbons (Fsp3) is 0.500. The van der Waals surface area contributed by atoms with Crippen LogP contribution < -0.4 is 5.73 Å². The SMILES string of the molecule is CCCCCCCCCCC=CC=CC=CC=CC=CN. The van der Waals surface area contributed by atoms with Gasteiger partial charge in [0.05, 0.1) is 0 Å². The molecule has 0 saturated heterocycles. The summed E-state index contributed by atoms with van der Waals surface area (Å²) in [5.41, 5.74) is 5.22. The first-order chi connectivity index (χ1) is 10.4. The van der Waals surface area contributed by atoms with Crippen LogP contribution in [0.15, 0.2) is 60.9 Å². The van der Waals surface area contributed by atoms with Crippen LogP contribution in [0.25, 0.3) is 0 Å². The lowest BCUT2D eigenvalue weighted by atomic mass is 10.1. The Labute approximate surface area is 132 Å². The molecule has 0 saturated carbocycles. The summed E-state index contributed by atoms with van der Waals surface area (Å²) in [4.78, 5) is 0. The highest BCUT2D eigenvalue weighted by Gasteiger charge is 1.89. The van der Waals surface area contributed by atoms with Crippen molar-refractivity contribution >= 4 is 0 Å². The molecule has 0 aromatic carbocycles. The third-order valence-corrected chi connectivity index (χ3v) is 3.25. The summed E-state index contributed by atoms with van der Waals surface area (Å²) in [5.74, 6) is 0. The third kappa shape index (κ3) is 18.5. The zero-order valence-electron chi connectivity index (χ0n) is 13.7. The Bertz CT molecular complexity index is 332. The molecule has 0 bridgehead atoms. The van der Waals surface area contributed by atoms with Crippen LogP contribution in [0.2, 0.25) is 0 Å². The van der Waals surface area contributed by atoms with E-state index in [9.17, 15) is 0 Å².